The van der Waals surface area contributed by atoms with Gasteiger partial charge in [0.1, 0.15) is 30.4 Å². The second kappa shape index (κ2) is 9.81. The number of hydrogen-bond acceptors (Lipinski definition) is 8. The average Bonchev–Trinajstić information content (AvgIpc) is 3.52. The van der Waals surface area contributed by atoms with Crippen LogP contribution in [0.15, 0.2) is 37.3 Å². The van der Waals surface area contributed by atoms with Gasteiger partial charge in [0.15, 0.2) is 11.6 Å². The Bertz CT molecular complexity index is 1140. The Morgan fingerprint density at radius 1 is 1.29 bits per heavy atom. The van der Waals surface area contributed by atoms with Crippen molar-refractivity contribution in [2.75, 3.05) is 35.6 Å². The highest BCUT2D eigenvalue weighted by molar-refractivity contribution is 5.91. The fraction of sp³-hybridized carbons (Fsp3) is 0.440. The van der Waals surface area contributed by atoms with Gasteiger partial charge in [-0.15, -0.1) is 0 Å². The highest BCUT2D eigenvalue weighted by Gasteiger charge is 2.33. The molecule has 5 rings (SSSR count). The zero-order valence-electron chi connectivity index (χ0n) is 19.7. The molecule has 0 saturated carbocycles. The largest absolute Gasteiger partial charge is 0.491 e. The van der Waals surface area contributed by atoms with Crippen molar-refractivity contribution in [1.29, 1.82) is 0 Å². The predicted octanol–water partition coefficient (Wildman–Crippen LogP) is 1.83. The Kier molecular flexibility index (Phi) is 6.43. The maximum absolute atomic E-state index is 13.0. The van der Waals surface area contributed by atoms with E-state index in [2.05, 4.69) is 38.1 Å². The quantitative estimate of drug-likeness (QED) is 0.552. The summed E-state index contributed by atoms with van der Waals surface area (Å²) in [6, 6.07) is 5.77. The molecule has 0 unspecified atom stereocenters. The Labute approximate surface area is 204 Å². The van der Waals surface area contributed by atoms with E-state index in [4.69, 9.17) is 10.5 Å². The summed E-state index contributed by atoms with van der Waals surface area (Å²) in [5, 5.41) is 5.75. The number of nitrogen functional groups attached to an aromatic ring is 1. The van der Waals surface area contributed by atoms with Gasteiger partial charge in [-0.2, -0.15) is 0 Å². The summed E-state index contributed by atoms with van der Waals surface area (Å²) in [7, 11) is 0. The van der Waals surface area contributed by atoms with Crippen LogP contribution in [0.1, 0.15) is 36.8 Å². The van der Waals surface area contributed by atoms with Crippen LogP contribution in [-0.2, 0) is 22.6 Å². The summed E-state index contributed by atoms with van der Waals surface area (Å²) in [6.07, 6.45) is 6.77. The maximum atomic E-state index is 13.0. The number of carbonyl (C=O) groups excluding carboxylic acids is 2. The second-order valence-corrected chi connectivity index (χ2v) is 9.17. The van der Waals surface area contributed by atoms with Gasteiger partial charge < -0.3 is 30.9 Å². The molecule has 3 aliphatic rings. The lowest BCUT2D eigenvalue weighted by Gasteiger charge is -2.32. The third-order valence-electron chi connectivity index (χ3n) is 7.02. The molecule has 3 aliphatic heterocycles. The first-order valence-electron chi connectivity index (χ1n) is 12.1. The van der Waals surface area contributed by atoms with Gasteiger partial charge in [-0.3, -0.25) is 9.59 Å². The molecule has 10 nitrogen and oxygen atoms in total. The molecule has 4 N–H and O–H groups in total. The van der Waals surface area contributed by atoms with Gasteiger partial charge >= 0.3 is 0 Å². The first-order valence-corrected chi connectivity index (χ1v) is 12.1. The van der Waals surface area contributed by atoms with Crippen molar-refractivity contribution in [3.63, 3.8) is 0 Å². The zero-order valence-corrected chi connectivity index (χ0v) is 19.7. The van der Waals surface area contributed by atoms with Crippen molar-refractivity contribution in [1.82, 2.24) is 20.2 Å². The van der Waals surface area contributed by atoms with Crippen LogP contribution in [-0.4, -0.2) is 58.5 Å². The molecule has 0 aliphatic carbocycles. The Balaban J connectivity index is 1.29. The number of nitrogens with zero attached hydrogens (tertiary/aromatic N) is 4. The number of nitrogens with two attached hydrogens (primary N) is 1. The Morgan fingerprint density at radius 3 is 2.97 bits per heavy atom. The molecule has 0 bridgehead atoms. The summed E-state index contributed by atoms with van der Waals surface area (Å²) >= 11 is 0. The summed E-state index contributed by atoms with van der Waals surface area (Å²) < 4.78 is 6.36. The van der Waals surface area contributed by atoms with Crippen molar-refractivity contribution in [2.24, 2.45) is 0 Å². The third kappa shape index (κ3) is 4.60. The highest BCUT2D eigenvalue weighted by atomic mass is 16.5. The van der Waals surface area contributed by atoms with Crippen molar-refractivity contribution < 1.29 is 14.3 Å². The summed E-state index contributed by atoms with van der Waals surface area (Å²) in [4.78, 5) is 37.2. The molecule has 184 valence electrons. The SMILES string of the molecule is C=CNc1ncnc(N2CCC[C@@H]2COc2cccc3c2CN(C(=O)[C@@H]2CCC(=O)N2)CC3)c1N. The lowest BCUT2D eigenvalue weighted by molar-refractivity contribution is -0.135. The predicted molar refractivity (Wildman–Crippen MR) is 133 cm³/mol. The lowest BCUT2D eigenvalue weighted by atomic mass is 9.98. The van der Waals surface area contributed by atoms with E-state index in [0.29, 0.717) is 49.9 Å². The molecule has 0 spiro atoms. The van der Waals surface area contributed by atoms with Crippen LogP contribution in [0.5, 0.6) is 5.75 Å². The van der Waals surface area contributed by atoms with E-state index in [9.17, 15) is 9.59 Å². The van der Waals surface area contributed by atoms with Crippen molar-refractivity contribution in [2.45, 2.75) is 50.7 Å². The number of ether oxygens (including phenoxy) is 1. The van der Waals surface area contributed by atoms with E-state index in [1.54, 1.807) is 6.20 Å². The fourth-order valence-corrected chi connectivity index (χ4v) is 5.19. The van der Waals surface area contributed by atoms with Gasteiger partial charge in [0.25, 0.3) is 0 Å². The Morgan fingerprint density at radius 2 is 2.17 bits per heavy atom. The minimum atomic E-state index is -0.414. The molecule has 10 heteroatoms. The monoisotopic (exact) mass is 477 g/mol. The van der Waals surface area contributed by atoms with Crippen LogP contribution in [0.2, 0.25) is 0 Å². The lowest BCUT2D eigenvalue weighted by Crippen LogP contribution is -2.46. The molecule has 1 aromatic heterocycles. The number of nitrogens with one attached hydrogen (secondary N) is 2. The summed E-state index contributed by atoms with van der Waals surface area (Å²) in [6.45, 7) is 6.13. The van der Waals surface area contributed by atoms with Gasteiger partial charge in [-0.25, -0.2) is 9.97 Å². The average molecular weight is 478 g/mol. The van der Waals surface area contributed by atoms with Crippen LogP contribution in [0.25, 0.3) is 0 Å². The third-order valence-corrected chi connectivity index (χ3v) is 7.02. The molecule has 2 fully saturated rings. The number of aromatic nitrogens is 2. The summed E-state index contributed by atoms with van der Waals surface area (Å²) in [5.41, 5.74) is 9.06. The minimum absolute atomic E-state index is 0.0126. The number of anilines is 3. The molecular formula is C25H31N7O3. The van der Waals surface area contributed by atoms with E-state index in [0.717, 1.165) is 37.1 Å². The van der Waals surface area contributed by atoms with Crippen LogP contribution in [0.4, 0.5) is 17.3 Å². The van der Waals surface area contributed by atoms with E-state index in [1.165, 1.54) is 11.9 Å². The molecule has 0 radical (unpaired) electrons. The Hall–Kier alpha value is -3.82. The van der Waals surface area contributed by atoms with Crippen LogP contribution in [0, 0.1) is 0 Å². The van der Waals surface area contributed by atoms with Crippen LogP contribution < -0.4 is 26.0 Å². The topological polar surface area (TPSA) is 126 Å². The molecule has 2 amide bonds. The number of amides is 2. The van der Waals surface area contributed by atoms with Gasteiger partial charge in [-0.1, -0.05) is 18.7 Å². The fourth-order valence-electron chi connectivity index (χ4n) is 5.19. The number of rotatable bonds is 7. The standard InChI is InChI=1S/C25H31N7O3/c1-2-27-23-22(26)24(29-15-28-23)32-11-4-6-17(32)14-35-20-7-3-5-16-10-12-31(13-18(16)20)25(34)19-8-9-21(33)30-19/h2-3,5,7,15,17,19H,1,4,6,8-14,26H2,(H,30,33)(H,27,28,29)/t17-,19+/m1/s1. The van der Waals surface area contributed by atoms with Gasteiger partial charge in [0.2, 0.25) is 11.8 Å². The van der Waals surface area contributed by atoms with Crippen molar-refractivity contribution in [3.05, 3.63) is 48.4 Å². The maximum Gasteiger partial charge on any atom is 0.245 e. The molecule has 2 atom stereocenters. The molecular weight excluding hydrogens is 446 g/mol. The molecule has 35 heavy (non-hydrogen) atoms. The van der Waals surface area contributed by atoms with Gasteiger partial charge in [0.05, 0.1) is 6.04 Å². The number of fused-ring (bicyclic) bond motifs is 1. The first kappa shape index (κ1) is 22.9. The second-order valence-electron chi connectivity index (χ2n) is 9.17. The minimum Gasteiger partial charge on any atom is -0.491 e. The smallest absolute Gasteiger partial charge is 0.245 e. The van der Waals surface area contributed by atoms with Crippen molar-refractivity contribution >= 4 is 29.1 Å². The van der Waals surface area contributed by atoms with Gasteiger partial charge in [0, 0.05) is 31.6 Å². The van der Waals surface area contributed by atoms with E-state index in [-0.39, 0.29) is 17.9 Å². The highest BCUT2D eigenvalue weighted by Crippen LogP contribution is 2.33. The number of benzene rings is 1. The molecule has 1 aromatic carbocycles. The molecule has 4 heterocycles. The summed E-state index contributed by atoms with van der Waals surface area (Å²) in [5.74, 6) is 1.97. The van der Waals surface area contributed by atoms with E-state index >= 15 is 0 Å². The van der Waals surface area contributed by atoms with Crippen LogP contribution >= 0.6 is 0 Å². The van der Waals surface area contributed by atoms with Gasteiger partial charge in [-0.05, 0) is 43.5 Å². The molecule has 2 saturated heterocycles. The van der Waals surface area contributed by atoms with E-state index < -0.39 is 6.04 Å². The molecule has 2 aromatic rings. The van der Waals surface area contributed by atoms with Crippen LogP contribution in [0.3, 0.4) is 0 Å². The first-order chi connectivity index (χ1) is 17.0. The zero-order chi connectivity index (χ0) is 24.4. The van der Waals surface area contributed by atoms with E-state index in [1.807, 2.05) is 17.0 Å². The number of carbonyl (C=O) groups is 2. The van der Waals surface area contributed by atoms with Crippen molar-refractivity contribution in [3.8, 4) is 5.75 Å². The number of hydrogen-bond donors (Lipinski definition) is 3. The normalized spacial score (nSPS) is 21.4.